The highest BCUT2D eigenvalue weighted by Gasteiger charge is 2.08. The van der Waals surface area contributed by atoms with Gasteiger partial charge in [-0.05, 0) is 32.9 Å². The summed E-state index contributed by atoms with van der Waals surface area (Å²) in [5.74, 6) is 0. The maximum Gasteiger partial charge on any atom is 0.0134 e. The van der Waals surface area contributed by atoms with Gasteiger partial charge in [0.2, 0.25) is 0 Å². The second-order valence-corrected chi connectivity index (χ2v) is 3.55. The Hall–Kier alpha value is -0.160. The van der Waals surface area contributed by atoms with Crippen molar-refractivity contribution in [3.05, 3.63) is 0 Å². The van der Waals surface area contributed by atoms with E-state index in [2.05, 4.69) is 4.90 Å². The summed E-state index contributed by atoms with van der Waals surface area (Å²) in [6.07, 6.45) is 2.75. The van der Waals surface area contributed by atoms with E-state index in [1.165, 1.54) is 25.9 Å². The van der Waals surface area contributed by atoms with Gasteiger partial charge in [0.05, 0.1) is 0 Å². The van der Waals surface area contributed by atoms with Crippen molar-refractivity contribution < 1.29 is 0 Å². The van der Waals surface area contributed by atoms with E-state index in [1.807, 2.05) is 6.92 Å². The van der Waals surface area contributed by atoms with Crippen molar-refractivity contribution in [3.8, 4) is 0 Å². The van der Waals surface area contributed by atoms with Gasteiger partial charge in [-0.3, -0.25) is 0 Å². The third-order valence-corrected chi connectivity index (χ3v) is 2.02. The quantitative estimate of drug-likeness (QED) is 0.549. The number of nitrogens with zero attached hydrogens (tertiary/aromatic N) is 1. The largest absolute Gasteiger partial charge is 0.329 e. The lowest BCUT2D eigenvalue weighted by molar-refractivity contribution is 0.349. The van der Waals surface area contributed by atoms with Crippen LogP contribution >= 0.6 is 0 Å². The van der Waals surface area contributed by atoms with E-state index in [-0.39, 0.29) is 6.04 Å². The average Bonchev–Trinajstić information content (AvgIpc) is 2.59. The van der Waals surface area contributed by atoms with E-state index in [0.29, 0.717) is 6.54 Å². The molecule has 6 N–H and O–H groups in total. The van der Waals surface area contributed by atoms with Crippen molar-refractivity contribution in [2.24, 2.45) is 17.2 Å². The first-order chi connectivity index (χ1) is 6.20. The van der Waals surface area contributed by atoms with Crippen LogP contribution in [-0.2, 0) is 0 Å². The van der Waals surface area contributed by atoms with Gasteiger partial charge in [-0.2, -0.15) is 0 Å². The first-order valence-corrected chi connectivity index (χ1v) is 5.08. The number of hydrogen-bond acceptors (Lipinski definition) is 4. The molecule has 1 saturated heterocycles. The molecule has 4 nitrogen and oxygen atoms in total. The lowest BCUT2D eigenvalue weighted by Gasteiger charge is -2.11. The number of likely N-dealkylation sites (tertiary alicyclic amines) is 1. The van der Waals surface area contributed by atoms with Crippen molar-refractivity contribution in [2.75, 3.05) is 32.7 Å². The molecule has 1 fully saturated rings. The van der Waals surface area contributed by atoms with E-state index in [4.69, 9.17) is 17.2 Å². The summed E-state index contributed by atoms with van der Waals surface area (Å²) in [5, 5.41) is 0. The predicted octanol–water partition coefficient (Wildman–Crippen LogP) is -0.667. The second-order valence-electron chi connectivity index (χ2n) is 3.55. The van der Waals surface area contributed by atoms with Gasteiger partial charge in [0.15, 0.2) is 0 Å². The molecular weight excluding hydrogens is 164 g/mol. The molecule has 1 unspecified atom stereocenters. The number of nitrogens with two attached hydrogens (primary N) is 3. The highest BCUT2D eigenvalue weighted by molar-refractivity contribution is 4.65. The van der Waals surface area contributed by atoms with Gasteiger partial charge in [-0.25, -0.2) is 0 Å². The summed E-state index contributed by atoms with van der Waals surface area (Å²) >= 11 is 0. The summed E-state index contributed by atoms with van der Waals surface area (Å²) in [4.78, 5) is 2.42. The zero-order chi connectivity index (χ0) is 10.1. The average molecular weight is 188 g/mol. The molecule has 1 aliphatic heterocycles. The Balaban J connectivity index is 0.000000252. The molecular formula is C9H24N4. The van der Waals surface area contributed by atoms with Crippen LogP contribution in [-0.4, -0.2) is 43.7 Å². The van der Waals surface area contributed by atoms with Crippen LogP contribution in [0, 0.1) is 0 Å². The molecule has 1 heterocycles. The van der Waals surface area contributed by atoms with Crippen LogP contribution in [0.1, 0.15) is 19.8 Å². The Morgan fingerprint density at radius 3 is 2.00 bits per heavy atom. The third kappa shape index (κ3) is 8.18. The maximum absolute atomic E-state index is 5.37. The van der Waals surface area contributed by atoms with Crippen LogP contribution < -0.4 is 17.2 Å². The third-order valence-electron chi connectivity index (χ3n) is 2.02. The van der Waals surface area contributed by atoms with Gasteiger partial charge in [-0.15, -0.1) is 0 Å². The molecule has 0 amide bonds. The van der Waals surface area contributed by atoms with Crippen LogP contribution in [0.25, 0.3) is 0 Å². The maximum atomic E-state index is 5.37. The van der Waals surface area contributed by atoms with Crippen LogP contribution in [0.3, 0.4) is 0 Å². The fourth-order valence-electron chi connectivity index (χ4n) is 1.19. The molecule has 1 atom stereocenters. The van der Waals surface area contributed by atoms with Gasteiger partial charge in [-0.1, -0.05) is 0 Å². The van der Waals surface area contributed by atoms with Gasteiger partial charge in [0.1, 0.15) is 0 Å². The van der Waals surface area contributed by atoms with Crippen molar-refractivity contribution in [1.82, 2.24) is 4.90 Å². The van der Waals surface area contributed by atoms with Gasteiger partial charge < -0.3 is 22.1 Å². The minimum absolute atomic E-state index is 0.162. The number of hydrogen-bond donors (Lipinski definition) is 3. The fraction of sp³-hybridized carbons (Fsp3) is 1.00. The fourth-order valence-corrected chi connectivity index (χ4v) is 1.19. The van der Waals surface area contributed by atoms with E-state index in [0.717, 1.165) is 13.1 Å². The van der Waals surface area contributed by atoms with E-state index < -0.39 is 0 Å². The van der Waals surface area contributed by atoms with Gasteiger partial charge in [0, 0.05) is 25.7 Å². The molecule has 1 rings (SSSR count). The molecule has 0 aromatic carbocycles. The minimum Gasteiger partial charge on any atom is -0.329 e. The zero-order valence-corrected chi connectivity index (χ0v) is 8.71. The molecule has 0 aromatic heterocycles. The normalized spacial score (nSPS) is 19.4. The molecule has 0 aromatic rings. The lowest BCUT2D eigenvalue weighted by Crippen LogP contribution is -2.26. The Bertz CT molecular complexity index is 99.8. The van der Waals surface area contributed by atoms with Crippen LogP contribution in [0.15, 0.2) is 0 Å². The van der Waals surface area contributed by atoms with E-state index in [1.54, 1.807) is 0 Å². The standard InChI is InChI=1S/C6H14N2.C3H10N2/c7-3-6-8-4-1-2-5-8;1-3(5)2-4/h1-7H2;3H,2,4-5H2,1H3. The Morgan fingerprint density at radius 2 is 1.69 bits per heavy atom. The molecule has 0 bridgehead atoms. The highest BCUT2D eigenvalue weighted by atomic mass is 15.1. The summed E-state index contributed by atoms with van der Waals surface area (Å²) in [6.45, 7) is 6.93. The Morgan fingerprint density at radius 1 is 1.23 bits per heavy atom. The van der Waals surface area contributed by atoms with E-state index >= 15 is 0 Å². The molecule has 0 aliphatic carbocycles. The van der Waals surface area contributed by atoms with Crippen molar-refractivity contribution in [1.29, 1.82) is 0 Å². The first-order valence-electron chi connectivity index (χ1n) is 5.08. The summed E-state index contributed by atoms with van der Waals surface area (Å²) in [7, 11) is 0. The Labute approximate surface area is 81.4 Å². The topological polar surface area (TPSA) is 81.3 Å². The first kappa shape index (κ1) is 12.8. The summed E-state index contributed by atoms with van der Waals surface area (Å²) < 4.78 is 0. The van der Waals surface area contributed by atoms with Crippen molar-refractivity contribution in [2.45, 2.75) is 25.8 Å². The Kier molecular flexibility index (Phi) is 8.33. The monoisotopic (exact) mass is 188 g/mol. The number of rotatable bonds is 3. The zero-order valence-electron chi connectivity index (χ0n) is 8.71. The molecule has 0 spiro atoms. The van der Waals surface area contributed by atoms with Crippen molar-refractivity contribution in [3.63, 3.8) is 0 Å². The molecule has 4 heteroatoms. The molecule has 13 heavy (non-hydrogen) atoms. The van der Waals surface area contributed by atoms with Crippen LogP contribution in [0.4, 0.5) is 0 Å². The smallest absolute Gasteiger partial charge is 0.0134 e. The van der Waals surface area contributed by atoms with Gasteiger partial charge >= 0.3 is 0 Å². The molecule has 80 valence electrons. The highest BCUT2D eigenvalue weighted by Crippen LogP contribution is 2.04. The molecule has 1 aliphatic rings. The summed E-state index contributed by atoms with van der Waals surface area (Å²) in [5.41, 5.74) is 15.6. The second kappa shape index (κ2) is 8.44. The van der Waals surface area contributed by atoms with Crippen LogP contribution in [0.5, 0.6) is 0 Å². The molecule has 0 saturated carbocycles. The van der Waals surface area contributed by atoms with E-state index in [9.17, 15) is 0 Å². The molecule has 0 radical (unpaired) electrons. The predicted molar refractivity (Wildman–Crippen MR) is 57.4 cm³/mol. The van der Waals surface area contributed by atoms with Gasteiger partial charge in [0.25, 0.3) is 0 Å². The minimum atomic E-state index is 0.162. The summed E-state index contributed by atoms with van der Waals surface area (Å²) in [6, 6.07) is 0.162. The van der Waals surface area contributed by atoms with Crippen molar-refractivity contribution >= 4 is 0 Å². The lowest BCUT2D eigenvalue weighted by atomic mass is 10.4. The SMILES string of the molecule is CC(N)CN.NCCN1CCCC1. The van der Waals surface area contributed by atoms with Crippen LogP contribution in [0.2, 0.25) is 0 Å².